The van der Waals surface area contributed by atoms with Crippen molar-refractivity contribution in [1.82, 2.24) is 0 Å². The van der Waals surface area contributed by atoms with Gasteiger partial charge in [-0.05, 0) is 37.5 Å². The number of benzene rings is 1. The Balaban J connectivity index is 3.15. The summed E-state index contributed by atoms with van der Waals surface area (Å²) in [5.41, 5.74) is 1.84. The summed E-state index contributed by atoms with van der Waals surface area (Å²) in [6.07, 6.45) is 3.47. The lowest BCUT2D eigenvalue weighted by Gasteiger charge is -2.16. The van der Waals surface area contributed by atoms with E-state index in [0.29, 0.717) is 25.4 Å². The fourth-order valence-corrected chi connectivity index (χ4v) is 1.75. The molecule has 0 unspecified atom stereocenters. The monoisotopic (exact) mass is 250 g/mol. The Bertz CT molecular complexity index is 386. The van der Waals surface area contributed by atoms with Crippen LogP contribution in [0.5, 0.6) is 11.5 Å². The fourth-order valence-electron chi connectivity index (χ4n) is 1.75. The van der Waals surface area contributed by atoms with Crippen LogP contribution in [0.2, 0.25) is 0 Å². The highest BCUT2D eigenvalue weighted by Crippen LogP contribution is 2.34. The molecule has 0 saturated carbocycles. The molecule has 0 bridgehead atoms. The van der Waals surface area contributed by atoms with E-state index in [1.165, 1.54) is 0 Å². The second-order valence-electron chi connectivity index (χ2n) is 4.01. The first-order valence-corrected chi connectivity index (χ1v) is 6.39. The Kier molecular flexibility index (Phi) is 6.29. The number of aliphatic hydroxyl groups excluding tert-OH is 1. The summed E-state index contributed by atoms with van der Waals surface area (Å²) >= 11 is 0. The zero-order valence-corrected chi connectivity index (χ0v) is 11.2. The molecule has 0 aromatic heterocycles. The SMILES string of the molecule is C=CCc1cc(CO)cc(OCC)c1OCCC. The van der Waals surface area contributed by atoms with Gasteiger partial charge in [0.2, 0.25) is 0 Å². The van der Waals surface area contributed by atoms with Crippen molar-refractivity contribution >= 4 is 0 Å². The predicted octanol–water partition coefficient (Wildman–Crippen LogP) is 3.09. The minimum absolute atomic E-state index is 0.00171. The Hall–Kier alpha value is -1.48. The summed E-state index contributed by atoms with van der Waals surface area (Å²) in [7, 11) is 0. The standard InChI is InChI=1S/C15H22O3/c1-4-7-13-9-12(11-16)10-14(17-6-3)15(13)18-8-5-2/h4,9-10,16H,1,5-8,11H2,2-3H3. The van der Waals surface area contributed by atoms with Gasteiger partial charge in [0, 0.05) is 5.56 Å². The van der Waals surface area contributed by atoms with Gasteiger partial charge in [0.05, 0.1) is 19.8 Å². The van der Waals surface area contributed by atoms with Crippen molar-refractivity contribution in [1.29, 1.82) is 0 Å². The van der Waals surface area contributed by atoms with Crippen LogP contribution in [0, 0.1) is 0 Å². The summed E-state index contributed by atoms with van der Waals surface area (Å²) in [5.74, 6) is 1.48. The molecule has 0 radical (unpaired) electrons. The Morgan fingerprint density at radius 2 is 2.06 bits per heavy atom. The van der Waals surface area contributed by atoms with Gasteiger partial charge < -0.3 is 14.6 Å². The summed E-state index contributed by atoms with van der Waals surface area (Å²) in [6, 6.07) is 3.77. The number of aliphatic hydroxyl groups is 1. The molecule has 0 atom stereocenters. The van der Waals surface area contributed by atoms with Gasteiger partial charge in [-0.1, -0.05) is 13.0 Å². The first-order valence-electron chi connectivity index (χ1n) is 6.39. The van der Waals surface area contributed by atoms with Crippen LogP contribution in [0.1, 0.15) is 31.4 Å². The van der Waals surface area contributed by atoms with Gasteiger partial charge in [-0.2, -0.15) is 0 Å². The van der Waals surface area contributed by atoms with E-state index in [4.69, 9.17) is 9.47 Å². The van der Waals surface area contributed by atoms with E-state index in [0.717, 1.165) is 23.3 Å². The lowest BCUT2D eigenvalue weighted by atomic mass is 10.1. The van der Waals surface area contributed by atoms with Gasteiger partial charge in [0.1, 0.15) is 0 Å². The summed E-state index contributed by atoms with van der Waals surface area (Å²) in [4.78, 5) is 0. The van der Waals surface area contributed by atoms with Crippen molar-refractivity contribution in [2.45, 2.75) is 33.3 Å². The quantitative estimate of drug-likeness (QED) is 0.720. The molecular formula is C15H22O3. The normalized spacial score (nSPS) is 10.2. The largest absolute Gasteiger partial charge is 0.490 e. The van der Waals surface area contributed by atoms with Crippen molar-refractivity contribution in [3.8, 4) is 11.5 Å². The highest BCUT2D eigenvalue weighted by atomic mass is 16.5. The number of allylic oxidation sites excluding steroid dienone is 1. The van der Waals surface area contributed by atoms with Gasteiger partial charge in [0.15, 0.2) is 11.5 Å². The van der Waals surface area contributed by atoms with Crippen LogP contribution >= 0.6 is 0 Å². The summed E-state index contributed by atoms with van der Waals surface area (Å²) < 4.78 is 11.4. The van der Waals surface area contributed by atoms with E-state index in [1.54, 1.807) is 0 Å². The van der Waals surface area contributed by atoms with Crippen LogP contribution in [0.25, 0.3) is 0 Å². The maximum atomic E-state index is 9.27. The first-order chi connectivity index (χ1) is 8.76. The molecule has 0 fully saturated rings. The van der Waals surface area contributed by atoms with Crippen molar-refractivity contribution in [3.63, 3.8) is 0 Å². The second-order valence-corrected chi connectivity index (χ2v) is 4.01. The molecule has 0 aliphatic carbocycles. The number of hydrogen-bond acceptors (Lipinski definition) is 3. The van der Waals surface area contributed by atoms with Gasteiger partial charge in [-0.3, -0.25) is 0 Å². The highest BCUT2D eigenvalue weighted by molar-refractivity contribution is 5.50. The third-order valence-electron chi connectivity index (χ3n) is 2.49. The molecule has 18 heavy (non-hydrogen) atoms. The van der Waals surface area contributed by atoms with Gasteiger partial charge in [-0.25, -0.2) is 0 Å². The molecule has 1 N–H and O–H groups in total. The molecule has 0 heterocycles. The second kappa shape index (κ2) is 7.77. The molecular weight excluding hydrogens is 228 g/mol. The maximum Gasteiger partial charge on any atom is 0.164 e. The lowest BCUT2D eigenvalue weighted by molar-refractivity contribution is 0.267. The average molecular weight is 250 g/mol. The van der Waals surface area contributed by atoms with E-state index < -0.39 is 0 Å². The van der Waals surface area contributed by atoms with Gasteiger partial charge in [0.25, 0.3) is 0 Å². The van der Waals surface area contributed by atoms with Crippen LogP contribution in [-0.4, -0.2) is 18.3 Å². The third-order valence-corrected chi connectivity index (χ3v) is 2.49. The van der Waals surface area contributed by atoms with Crippen molar-refractivity contribution < 1.29 is 14.6 Å². The minimum atomic E-state index is -0.00171. The lowest BCUT2D eigenvalue weighted by Crippen LogP contribution is -2.04. The van der Waals surface area contributed by atoms with Crippen LogP contribution in [-0.2, 0) is 13.0 Å². The summed E-state index contributed by atoms with van der Waals surface area (Å²) in [6.45, 7) is 8.98. The Labute approximate surface area is 109 Å². The first kappa shape index (κ1) is 14.6. The zero-order chi connectivity index (χ0) is 13.4. The van der Waals surface area contributed by atoms with E-state index >= 15 is 0 Å². The Morgan fingerprint density at radius 1 is 1.28 bits per heavy atom. The molecule has 0 aliphatic rings. The number of ether oxygens (including phenoxy) is 2. The van der Waals surface area contributed by atoms with E-state index in [1.807, 2.05) is 25.1 Å². The topological polar surface area (TPSA) is 38.7 Å². The molecule has 0 spiro atoms. The summed E-state index contributed by atoms with van der Waals surface area (Å²) in [5, 5.41) is 9.27. The molecule has 1 aromatic carbocycles. The predicted molar refractivity (Wildman–Crippen MR) is 73.2 cm³/mol. The molecule has 3 nitrogen and oxygen atoms in total. The van der Waals surface area contributed by atoms with E-state index in [2.05, 4.69) is 13.5 Å². The van der Waals surface area contributed by atoms with Crippen molar-refractivity contribution in [3.05, 3.63) is 35.9 Å². The molecule has 1 rings (SSSR count). The minimum Gasteiger partial charge on any atom is -0.490 e. The zero-order valence-electron chi connectivity index (χ0n) is 11.2. The smallest absolute Gasteiger partial charge is 0.164 e. The van der Waals surface area contributed by atoms with Gasteiger partial charge in [-0.15, -0.1) is 6.58 Å². The highest BCUT2D eigenvalue weighted by Gasteiger charge is 2.12. The molecule has 0 aliphatic heterocycles. The van der Waals surface area contributed by atoms with Crippen LogP contribution in [0.15, 0.2) is 24.8 Å². The number of rotatable bonds is 8. The molecule has 3 heteroatoms. The maximum absolute atomic E-state index is 9.27. The van der Waals surface area contributed by atoms with Crippen LogP contribution < -0.4 is 9.47 Å². The van der Waals surface area contributed by atoms with Crippen LogP contribution in [0.4, 0.5) is 0 Å². The van der Waals surface area contributed by atoms with Crippen molar-refractivity contribution in [2.75, 3.05) is 13.2 Å². The molecule has 100 valence electrons. The molecule has 0 saturated heterocycles. The third kappa shape index (κ3) is 3.77. The van der Waals surface area contributed by atoms with Gasteiger partial charge >= 0.3 is 0 Å². The van der Waals surface area contributed by atoms with E-state index in [9.17, 15) is 5.11 Å². The van der Waals surface area contributed by atoms with E-state index in [-0.39, 0.29) is 6.61 Å². The fraction of sp³-hybridized carbons (Fsp3) is 0.467. The molecule has 0 amide bonds. The molecule has 1 aromatic rings. The van der Waals surface area contributed by atoms with Crippen molar-refractivity contribution in [2.24, 2.45) is 0 Å². The average Bonchev–Trinajstić information content (AvgIpc) is 2.38. The number of hydrogen-bond donors (Lipinski definition) is 1. The Morgan fingerprint density at radius 3 is 2.61 bits per heavy atom. The van der Waals surface area contributed by atoms with Crippen LogP contribution in [0.3, 0.4) is 0 Å².